The summed E-state index contributed by atoms with van der Waals surface area (Å²) in [4.78, 5) is 0. The van der Waals surface area contributed by atoms with E-state index in [9.17, 15) is 0 Å². The van der Waals surface area contributed by atoms with Gasteiger partial charge in [-0.2, -0.15) is 10.2 Å². The van der Waals surface area contributed by atoms with Gasteiger partial charge < -0.3 is 5.32 Å². The van der Waals surface area contributed by atoms with E-state index in [4.69, 9.17) is 0 Å². The number of anilines is 1. The summed E-state index contributed by atoms with van der Waals surface area (Å²) in [6.07, 6.45) is 3.99. The minimum Gasteiger partial charge on any atom is -0.378 e. The van der Waals surface area contributed by atoms with Crippen molar-refractivity contribution in [3.8, 4) is 0 Å². The van der Waals surface area contributed by atoms with Crippen LogP contribution >= 0.6 is 0 Å². The Labute approximate surface area is 108 Å². The van der Waals surface area contributed by atoms with E-state index in [1.54, 1.807) is 0 Å². The molecule has 2 aromatic rings. The zero-order valence-electron chi connectivity index (χ0n) is 11.6. The van der Waals surface area contributed by atoms with E-state index >= 15 is 0 Å². The van der Waals surface area contributed by atoms with Gasteiger partial charge in [-0.3, -0.25) is 9.36 Å². The van der Waals surface area contributed by atoms with Gasteiger partial charge in [0.1, 0.15) is 0 Å². The number of nitrogens with zero attached hydrogens (tertiary/aromatic N) is 4. The number of aromatic nitrogens is 4. The minimum atomic E-state index is 0.794. The lowest BCUT2D eigenvalue weighted by Crippen LogP contribution is -2.03. The maximum atomic E-state index is 4.42. The highest BCUT2D eigenvalue weighted by molar-refractivity contribution is 5.46. The van der Waals surface area contributed by atoms with E-state index in [1.165, 1.54) is 11.3 Å². The highest BCUT2D eigenvalue weighted by Crippen LogP contribution is 2.15. The Bertz CT molecular complexity index is 521. The van der Waals surface area contributed by atoms with Gasteiger partial charge in [-0.15, -0.1) is 0 Å². The molecule has 2 heterocycles. The number of hydrogen-bond donors (Lipinski definition) is 1. The third-order valence-electron chi connectivity index (χ3n) is 3.24. The van der Waals surface area contributed by atoms with Crippen LogP contribution in [-0.2, 0) is 19.6 Å². The predicted octanol–water partition coefficient (Wildman–Crippen LogP) is 2.35. The van der Waals surface area contributed by atoms with Crippen LogP contribution in [0.1, 0.15) is 30.8 Å². The van der Waals surface area contributed by atoms with Crippen molar-refractivity contribution in [2.45, 2.75) is 47.3 Å². The number of nitrogens with one attached hydrogen (secondary N) is 1. The zero-order valence-corrected chi connectivity index (χ0v) is 11.6. The van der Waals surface area contributed by atoms with Gasteiger partial charge in [0.05, 0.1) is 17.6 Å². The van der Waals surface area contributed by atoms with Gasteiger partial charge in [0.2, 0.25) is 0 Å². The molecule has 1 N–H and O–H groups in total. The topological polar surface area (TPSA) is 47.7 Å². The van der Waals surface area contributed by atoms with Crippen LogP contribution in [-0.4, -0.2) is 19.6 Å². The molecule has 0 fully saturated rings. The fraction of sp³-hybridized carbons (Fsp3) is 0.538. The van der Waals surface area contributed by atoms with E-state index in [-0.39, 0.29) is 0 Å². The first-order chi connectivity index (χ1) is 8.65. The molecule has 0 radical (unpaired) electrons. The highest BCUT2D eigenvalue weighted by Gasteiger charge is 2.07. The van der Waals surface area contributed by atoms with Gasteiger partial charge >= 0.3 is 0 Å². The van der Waals surface area contributed by atoms with Crippen molar-refractivity contribution in [2.24, 2.45) is 0 Å². The monoisotopic (exact) mass is 247 g/mol. The van der Waals surface area contributed by atoms with E-state index in [0.717, 1.165) is 31.0 Å². The second-order valence-corrected chi connectivity index (χ2v) is 4.41. The maximum Gasteiger partial charge on any atom is 0.0825 e. The molecule has 98 valence electrons. The largest absolute Gasteiger partial charge is 0.378 e. The average Bonchev–Trinajstić information content (AvgIpc) is 2.90. The quantitative estimate of drug-likeness (QED) is 0.882. The van der Waals surface area contributed by atoms with Crippen molar-refractivity contribution in [3.05, 3.63) is 29.3 Å². The normalized spacial score (nSPS) is 10.9. The van der Waals surface area contributed by atoms with Crippen molar-refractivity contribution in [1.82, 2.24) is 19.6 Å². The Balaban J connectivity index is 2.06. The Kier molecular flexibility index (Phi) is 3.69. The fourth-order valence-electron chi connectivity index (χ4n) is 2.02. The third kappa shape index (κ3) is 2.39. The lowest BCUT2D eigenvalue weighted by molar-refractivity contribution is 0.638. The molecule has 5 nitrogen and oxygen atoms in total. The van der Waals surface area contributed by atoms with Gasteiger partial charge in [0.15, 0.2) is 0 Å². The van der Waals surface area contributed by atoms with Crippen LogP contribution in [0, 0.1) is 13.8 Å². The molecule has 0 aromatic carbocycles. The predicted molar refractivity (Wildman–Crippen MR) is 72.6 cm³/mol. The van der Waals surface area contributed by atoms with E-state index < -0.39 is 0 Å². The lowest BCUT2D eigenvalue weighted by atomic mass is 10.2. The molecule has 0 amide bonds. The van der Waals surface area contributed by atoms with Gasteiger partial charge in [-0.05, 0) is 27.7 Å². The standard InChI is InChI=1S/C13H21N5/c1-5-17-9-13(10(3)16-17)14-7-12-8-15-18(6-2)11(12)4/h8-9,14H,5-7H2,1-4H3. The smallest absolute Gasteiger partial charge is 0.0825 e. The number of aryl methyl sites for hydroxylation is 3. The summed E-state index contributed by atoms with van der Waals surface area (Å²) in [5, 5.41) is 12.2. The summed E-state index contributed by atoms with van der Waals surface area (Å²) < 4.78 is 3.96. The summed E-state index contributed by atoms with van der Waals surface area (Å²) in [5.74, 6) is 0. The van der Waals surface area contributed by atoms with Crippen molar-refractivity contribution in [1.29, 1.82) is 0 Å². The van der Waals surface area contributed by atoms with Crippen molar-refractivity contribution in [2.75, 3.05) is 5.32 Å². The van der Waals surface area contributed by atoms with Crippen LogP contribution in [0.3, 0.4) is 0 Å². The average molecular weight is 247 g/mol. The molecule has 18 heavy (non-hydrogen) atoms. The van der Waals surface area contributed by atoms with Crippen LogP contribution < -0.4 is 5.32 Å². The van der Waals surface area contributed by atoms with Crippen molar-refractivity contribution in [3.63, 3.8) is 0 Å². The molecule has 0 aliphatic carbocycles. The molecule has 0 atom stereocenters. The number of rotatable bonds is 5. The Morgan fingerprint density at radius 1 is 1.22 bits per heavy atom. The molecule has 2 rings (SSSR count). The Morgan fingerprint density at radius 3 is 2.56 bits per heavy atom. The molecule has 2 aromatic heterocycles. The summed E-state index contributed by atoms with van der Waals surface area (Å²) in [6, 6.07) is 0. The summed E-state index contributed by atoms with van der Waals surface area (Å²) in [5.41, 5.74) is 4.60. The molecule has 0 saturated heterocycles. The second kappa shape index (κ2) is 5.25. The Morgan fingerprint density at radius 2 is 2.00 bits per heavy atom. The molecule has 5 heteroatoms. The summed E-state index contributed by atoms with van der Waals surface area (Å²) in [6.45, 7) is 10.9. The third-order valence-corrected chi connectivity index (χ3v) is 3.24. The first-order valence-electron chi connectivity index (χ1n) is 6.44. The van der Waals surface area contributed by atoms with Crippen LogP contribution in [0.2, 0.25) is 0 Å². The van der Waals surface area contributed by atoms with E-state index in [0.29, 0.717) is 0 Å². The first-order valence-corrected chi connectivity index (χ1v) is 6.44. The van der Waals surface area contributed by atoms with E-state index in [2.05, 4.69) is 42.5 Å². The molecule has 0 unspecified atom stereocenters. The zero-order chi connectivity index (χ0) is 13.1. The Hall–Kier alpha value is -1.78. The minimum absolute atomic E-state index is 0.794. The van der Waals surface area contributed by atoms with Crippen molar-refractivity contribution < 1.29 is 0 Å². The van der Waals surface area contributed by atoms with Crippen LogP contribution in [0.5, 0.6) is 0 Å². The van der Waals surface area contributed by atoms with Crippen LogP contribution in [0.25, 0.3) is 0 Å². The molecule has 0 saturated carbocycles. The van der Waals surface area contributed by atoms with E-state index in [1.807, 2.05) is 22.5 Å². The molecule has 0 aliphatic heterocycles. The van der Waals surface area contributed by atoms with Gasteiger partial charge in [0, 0.05) is 37.1 Å². The second-order valence-electron chi connectivity index (χ2n) is 4.41. The SMILES string of the molecule is CCn1cc(NCc2cnn(CC)c2C)c(C)n1. The van der Waals surface area contributed by atoms with Crippen LogP contribution in [0.15, 0.2) is 12.4 Å². The molecular weight excluding hydrogens is 226 g/mol. The number of hydrogen-bond acceptors (Lipinski definition) is 3. The highest BCUT2D eigenvalue weighted by atomic mass is 15.3. The molecule has 0 spiro atoms. The van der Waals surface area contributed by atoms with Gasteiger partial charge in [0.25, 0.3) is 0 Å². The van der Waals surface area contributed by atoms with Gasteiger partial charge in [-0.25, -0.2) is 0 Å². The van der Waals surface area contributed by atoms with Crippen LogP contribution in [0.4, 0.5) is 5.69 Å². The molecule has 0 aliphatic rings. The summed E-state index contributed by atoms with van der Waals surface area (Å²) >= 11 is 0. The first kappa shape index (κ1) is 12.7. The lowest BCUT2D eigenvalue weighted by Gasteiger charge is -2.05. The molecule has 0 bridgehead atoms. The maximum absolute atomic E-state index is 4.42. The van der Waals surface area contributed by atoms with Crippen molar-refractivity contribution >= 4 is 5.69 Å². The summed E-state index contributed by atoms with van der Waals surface area (Å²) in [7, 11) is 0. The van der Waals surface area contributed by atoms with Gasteiger partial charge in [-0.1, -0.05) is 0 Å². The molecular formula is C13H21N5. The fourth-order valence-corrected chi connectivity index (χ4v) is 2.02.